The predicted molar refractivity (Wildman–Crippen MR) is 66.3 cm³/mol. The third-order valence-electron chi connectivity index (χ3n) is 2.64. The summed E-state index contributed by atoms with van der Waals surface area (Å²) in [6.07, 6.45) is 0.00365. The third kappa shape index (κ3) is 2.27. The molecule has 6 heteroatoms. The molecular weight excluding hydrogens is 237 g/mol. The van der Waals surface area contributed by atoms with Gasteiger partial charge in [0.1, 0.15) is 5.82 Å². The highest BCUT2D eigenvalue weighted by Gasteiger charge is 2.13. The van der Waals surface area contributed by atoms with Crippen LogP contribution in [0.5, 0.6) is 0 Å². The first-order chi connectivity index (χ1) is 8.49. The van der Waals surface area contributed by atoms with Gasteiger partial charge in [0.2, 0.25) is 5.95 Å². The normalized spacial score (nSPS) is 10.8. The first-order valence-electron chi connectivity index (χ1n) is 5.54. The smallest absolute Gasteiger partial charge is 0.305 e. The van der Waals surface area contributed by atoms with Gasteiger partial charge >= 0.3 is 5.97 Å². The van der Waals surface area contributed by atoms with Gasteiger partial charge in [-0.25, -0.2) is 9.37 Å². The Labute approximate surface area is 103 Å². The molecule has 18 heavy (non-hydrogen) atoms. The number of imidazole rings is 1. The summed E-state index contributed by atoms with van der Waals surface area (Å²) < 4.78 is 14.9. The second-order valence-corrected chi connectivity index (χ2v) is 4.23. The van der Waals surface area contributed by atoms with Crippen molar-refractivity contribution in [1.82, 2.24) is 9.55 Å². The summed E-state index contributed by atoms with van der Waals surface area (Å²) in [4.78, 5) is 16.7. The molecule has 0 bridgehead atoms. The Morgan fingerprint density at radius 3 is 2.83 bits per heavy atom. The minimum absolute atomic E-state index is 0.00365. The molecule has 2 aromatic rings. The fourth-order valence-corrected chi connectivity index (χ4v) is 1.86. The number of carboxylic acid groups (broad SMARTS) is 1. The summed E-state index contributed by atoms with van der Waals surface area (Å²) in [5.41, 5.74) is 1.27. The maximum absolute atomic E-state index is 13.1. The van der Waals surface area contributed by atoms with E-state index < -0.39 is 5.97 Å². The van der Waals surface area contributed by atoms with Crippen LogP contribution >= 0.6 is 0 Å². The number of benzene rings is 1. The number of carbonyl (C=O) groups is 1. The largest absolute Gasteiger partial charge is 0.481 e. The second-order valence-electron chi connectivity index (χ2n) is 4.23. The summed E-state index contributed by atoms with van der Waals surface area (Å²) in [5, 5.41) is 8.75. The van der Waals surface area contributed by atoms with E-state index in [1.165, 1.54) is 12.1 Å². The molecular formula is C12H14FN3O2. The van der Waals surface area contributed by atoms with E-state index in [0.29, 0.717) is 18.0 Å². The number of rotatable bonds is 4. The van der Waals surface area contributed by atoms with Crippen LogP contribution in [0.4, 0.5) is 10.3 Å². The average molecular weight is 251 g/mol. The minimum Gasteiger partial charge on any atom is -0.481 e. The number of aliphatic carboxylic acids is 1. The molecule has 0 atom stereocenters. The highest BCUT2D eigenvalue weighted by Crippen LogP contribution is 2.22. The third-order valence-corrected chi connectivity index (χ3v) is 2.64. The van der Waals surface area contributed by atoms with Crippen LogP contribution in [0.2, 0.25) is 0 Å². The number of fused-ring (bicyclic) bond motifs is 1. The van der Waals surface area contributed by atoms with Crippen LogP contribution in [-0.4, -0.2) is 34.7 Å². The van der Waals surface area contributed by atoms with Crippen LogP contribution in [0.15, 0.2) is 18.2 Å². The summed E-state index contributed by atoms with van der Waals surface area (Å²) in [5.74, 6) is -0.601. The van der Waals surface area contributed by atoms with Gasteiger partial charge in [-0.2, -0.15) is 0 Å². The summed E-state index contributed by atoms with van der Waals surface area (Å²) in [7, 11) is 3.63. The lowest BCUT2D eigenvalue weighted by molar-refractivity contribution is -0.137. The number of anilines is 1. The molecule has 0 saturated heterocycles. The average Bonchev–Trinajstić information content (AvgIpc) is 2.64. The molecule has 1 heterocycles. The van der Waals surface area contributed by atoms with Crippen LogP contribution in [0.1, 0.15) is 6.42 Å². The SMILES string of the molecule is CN(C)c1nc2cc(F)ccc2n1CCC(=O)O. The van der Waals surface area contributed by atoms with E-state index in [-0.39, 0.29) is 12.2 Å². The Bertz CT molecular complexity index is 592. The van der Waals surface area contributed by atoms with E-state index in [1.54, 1.807) is 15.5 Å². The molecule has 2 rings (SSSR count). The summed E-state index contributed by atoms with van der Waals surface area (Å²) in [6.45, 7) is 0.310. The first kappa shape index (κ1) is 12.3. The topological polar surface area (TPSA) is 58.4 Å². The van der Waals surface area contributed by atoms with Crippen molar-refractivity contribution in [3.63, 3.8) is 0 Å². The molecule has 0 aliphatic rings. The summed E-state index contributed by atoms with van der Waals surface area (Å²) >= 11 is 0. The number of hydrogen-bond acceptors (Lipinski definition) is 3. The fraction of sp³-hybridized carbons (Fsp3) is 0.333. The van der Waals surface area contributed by atoms with Crippen molar-refractivity contribution in [3.8, 4) is 0 Å². The maximum Gasteiger partial charge on any atom is 0.305 e. The lowest BCUT2D eigenvalue weighted by Crippen LogP contribution is -2.16. The number of hydrogen-bond donors (Lipinski definition) is 1. The number of aryl methyl sites for hydroxylation is 1. The van der Waals surface area contributed by atoms with Gasteiger partial charge in [0.15, 0.2) is 0 Å². The van der Waals surface area contributed by atoms with Crippen LogP contribution in [0.25, 0.3) is 11.0 Å². The molecule has 0 aliphatic carbocycles. The van der Waals surface area contributed by atoms with E-state index in [1.807, 2.05) is 14.1 Å². The lowest BCUT2D eigenvalue weighted by Gasteiger charge is -2.14. The summed E-state index contributed by atoms with van der Waals surface area (Å²) in [6, 6.07) is 4.31. The second kappa shape index (κ2) is 4.64. The van der Waals surface area contributed by atoms with Crippen LogP contribution in [0, 0.1) is 5.82 Å². The van der Waals surface area contributed by atoms with E-state index in [4.69, 9.17) is 5.11 Å². The van der Waals surface area contributed by atoms with Crippen molar-refractivity contribution in [2.24, 2.45) is 0 Å². The molecule has 96 valence electrons. The van der Waals surface area contributed by atoms with Gasteiger partial charge in [-0.1, -0.05) is 0 Å². The monoisotopic (exact) mass is 251 g/mol. The Hall–Kier alpha value is -2.11. The van der Waals surface area contributed by atoms with E-state index in [2.05, 4.69) is 4.98 Å². The van der Waals surface area contributed by atoms with Crippen molar-refractivity contribution in [1.29, 1.82) is 0 Å². The Morgan fingerprint density at radius 2 is 2.22 bits per heavy atom. The van der Waals surface area contributed by atoms with Gasteiger partial charge in [-0.15, -0.1) is 0 Å². The molecule has 0 amide bonds. The fourth-order valence-electron chi connectivity index (χ4n) is 1.86. The van der Waals surface area contributed by atoms with Crippen LogP contribution in [0.3, 0.4) is 0 Å². The Balaban J connectivity index is 2.52. The van der Waals surface area contributed by atoms with Gasteiger partial charge < -0.3 is 14.6 Å². The molecule has 0 unspecified atom stereocenters. The van der Waals surface area contributed by atoms with Gasteiger partial charge in [0.25, 0.3) is 0 Å². The molecule has 0 radical (unpaired) electrons. The first-order valence-corrected chi connectivity index (χ1v) is 5.54. The van der Waals surface area contributed by atoms with Crippen molar-refractivity contribution in [2.45, 2.75) is 13.0 Å². The number of carboxylic acids is 1. The molecule has 5 nitrogen and oxygen atoms in total. The quantitative estimate of drug-likeness (QED) is 0.898. The molecule has 0 spiro atoms. The van der Waals surface area contributed by atoms with Crippen molar-refractivity contribution < 1.29 is 14.3 Å². The lowest BCUT2D eigenvalue weighted by atomic mass is 10.3. The zero-order valence-electron chi connectivity index (χ0n) is 10.2. The van der Waals surface area contributed by atoms with Gasteiger partial charge in [-0.05, 0) is 12.1 Å². The van der Waals surface area contributed by atoms with Gasteiger partial charge in [0, 0.05) is 26.7 Å². The highest BCUT2D eigenvalue weighted by atomic mass is 19.1. The zero-order valence-corrected chi connectivity index (χ0v) is 10.2. The van der Waals surface area contributed by atoms with E-state index in [0.717, 1.165) is 5.52 Å². The van der Waals surface area contributed by atoms with Crippen molar-refractivity contribution >= 4 is 23.0 Å². The minimum atomic E-state index is -0.872. The Morgan fingerprint density at radius 1 is 1.50 bits per heavy atom. The van der Waals surface area contributed by atoms with Gasteiger partial charge in [0.05, 0.1) is 17.5 Å². The van der Waals surface area contributed by atoms with Gasteiger partial charge in [-0.3, -0.25) is 4.79 Å². The zero-order chi connectivity index (χ0) is 13.3. The number of halogens is 1. The number of aromatic nitrogens is 2. The molecule has 0 fully saturated rings. The standard InChI is InChI=1S/C12H14FN3O2/c1-15(2)12-14-9-7-8(13)3-4-10(9)16(12)6-5-11(17)18/h3-4,7H,5-6H2,1-2H3,(H,17,18). The molecule has 1 aromatic carbocycles. The molecule has 0 saturated carbocycles. The number of nitrogens with zero attached hydrogens (tertiary/aromatic N) is 3. The van der Waals surface area contributed by atoms with Crippen LogP contribution < -0.4 is 4.90 Å². The van der Waals surface area contributed by atoms with Crippen LogP contribution in [-0.2, 0) is 11.3 Å². The molecule has 0 aliphatic heterocycles. The predicted octanol–water partition coefficient (Wildman–Crippen LogP) is 1.72. The van der Waals surface area contributed by atoms with E-state index >= 15 is 0 Å². The van der Waals surface area contributed by atoms with E-state index in [9.17, 15) is 9.18 Å². The van der Waals surface area contributed by atoms with Crippen molar-refractivity contribution in [3.05, 3.63) is 24.0 Å². The maximum atomic E-state index is 13.1. The Kier molecular flexibility index (Phi) is 3.18. The highest BCUT2D eigenvalue weighted by molar-refractivity contribution is 5.79. The molecule has 1 N–H and O–H groups in total. The molecule has 1 aromatic heterocycles. The van der Waals surface area contributed by atoms with Crippen molar-refractivity contribution in [2.75, 3.05) is 19.0 Å².